The molecule has 6 atom stereocenters. The van der Waals surface area contributed by atoms with E-state index in [1.807, 2.05) is 0 Å². The molecular weight excluding hydrogens is 146 g/mol. The molecule has 1 saturated heterocycles. The minimum Gasteiger partial charge on any atom is -0.310 e. The number of hydrogen-bond donors (Lipinski definition) is 1. The topological polar surface area (TPSA) is 12.0 Å². The Morgan fingerprint density at radius 1 is 1.25 bits per heavy atom. The molecule has 1 heteroatoms. The highest BCUT2D eigenvalue weighted by Crippen LogP contribution is 2.67. The molecule has 1 N–H and O–H groups in total. The van der Waals surface area contributed by atoms with Crippen LogP contribution in [0.5, 0.6) is 0 Å². The van der Waals surface area contributed by atoms with Crippen LogP contribution >= 0.6 is 0 Å². The molecule has 4 fully saturated rings. The maximum atomic E-state index is 3.85. The van der Waals surface area contributed by atoms with Gasteiger partial charge in [0.1, 0.15) is 0 Å². The molecule has 0 aromatic heterocycles. The fourth-order valence-electron chi connectivity index (χ4n) is 3.99. The van der Waals surface area contributed by atoms with Crippen LogP contribution in [0.25, 0.3) is 0 Å². The van der Waals surface area contributed by atoms with Gasteiger partial charge in [0.2, 0.25) is 0 Å². The largest absolute Gasteiger partial charge is 0.310 e. The summed E-state index contributed by atoms with van der Waals surface area (Å²) in [4.78, 5) is 0. The van der Waals surface area contributed by atoms with Gasteiger partial charge in [0.25, 0.3) is 0 Å². The molecular formula is C11H17N. The van der Waals surface area contributed by atoms with Crippen molar-refractivity contribution in [3.8, 4) is 0 Å². The lowest BCUT2D eigenvalue weighted by Crippen LogP contribution is -2.44. The van der Waals surface area contributed by atoms with Crippen LogP contribution < -0.4 is 5.32 Å². The van der Waals surface area contributed by atoms with Crippen LogP contribution in [0.3, 0.4) is 0 Å². The summed E-state index contributed by atoms with van der Waals surface area (Å²) in [5.74, 6) is 5.48. The summed E-state index contributed by atoms with van der Waals surface area (Å²) in [6.07, 6.45) is 4.61. The Bertz CT molecular complexity index is 229. The van der Waals surface area contributed by atoms with Gasteiger partial charge in [-0.1, -0.05) is 6.92 Å². The predicted molar refractivity (Wildman–Crippen MR) is 47.7 cm³/mol. The van der Waals surface area contributed by atoms with Crippen molar-refractivity contribution in [2.75, 3.05) is 0 Å². The lowest BCUT2D eigenvalue weighted by molar-refractivity contribution is 0.165. The smallest absolute Gasteiger partial charge is 0.0136 e. The molecule has 0 radical (unpaired) electrons. The first kappa shape index (κ1) is 6.42. The highest BCUT2D eigenvalue weighted by molar-refractivity contribution is 5.24. The van der Waals surface area contributed by atoms with E-state index in [-0.39, 0.29) is 0 Å². The number of piperidine rings is 2. The highest BCUT2D eigenvalue weighted by Gasteiger charge is 2.70. The van der Waals surface area contributed by atoms with E-state index >= 15 is 0 Å². The Balaban J connectivity index is 1.54. The van der Waals surface area contributed by atoms with Gasteiger partial charge in [0, 0.05) is 12.1 Å². The average Bonchev–Trinajstić information content (AvgIpc) is 2.89. The van der Waals surface area contributed by atoms with Gasteiger partial charge in [-0.15, -0.1) is 0 Å². The Morgan fingerprint density at radius 3 is 2.58 bits per heavy atom. The van der Waals surface area contributed by atoms with Crippen molar-refractivity contribution in [2.24, 2.45) is 29.6 Å². The molecule has 1 nitrogen and oxygen atoms in total. The number of fused-ring (bicyclic) bond motifs is 1. The molecule has 0 bridgehead atoms. The Labute approximate surface area is 73.9 Å². The van der Waals surface area contributed by atoms with Gasteiger partial charge >= 0.3 is 0 Å². The van der Waals surface area contributed by atoms with Gasteiger partial charge in [-0.3, -0.25) is 0 Å². The van der Waals surface area contributed by atoms with Crippen molar-refractivity contribution in [3.05, 3.63) is 0 Å². The normalized spacial score (nSPS) is 62.2. The molecule has 0 amide bonds. The molecule has 4 aliphatic rings. The number of nitrogens with one attached hydrogen (secondary N) is 1. The third-order valence-electron chi connectivity index (χ3n) is 5.05. The van der Waals surface area contributed by atoms with Crippen LogP contribution in [0.15, 0.2) is 0 Å². The van der Waals surface area contributed by atoms with Crippen LogP contribution in [0, 0.1) is 29.6 Å². The van der Waals surface area contributed by atoms with E-state index in [2.05, 4.69) is 12.2 Å². The monoisotopic (exact) mass is 163 g/mol. The first-order valence-corrected chi connectivity index (χ1v) is 5.62. The SMILES string of the molecule is CC(C1CC1)C1NC2C3CC1C32. The van der Waals surface area contributed by atoms with E-state index in [0.717, 1.165) is 41.7 Å². The fourth-order valence-corrected chi connectivity index (χ4v) is 3.99. The zero-order chi connectivity index (χ0) is 7.87. The van der Waals surface area contributed by atoms with Crippen LogP contribution in [0.2, 0.25) is 0 Å². The standard InChI is InChI=1S/C11H17N/c1-5(6-2-3-6)10-7-4-8-9(7)11(8)12-10/h5-12H,2-4H2,1H3. The van der Waals surface area contributed by atoms with Crippen molar-refractivity contribution >= 4 is 0 Å². The molecule has 3 aliphatic carbocycles. The van der Waals surface area contributed by atoms with E-state index in [1.54, 1.807) is 6.42 Å². The minimum atomic E-state index is 0.928. The molecule has 3 saturated carbocycles. The minimum absolute atomic E-state index is 0.928. The summed E-state index contributed by atoms with van der Waals surface area (Å²) in [5, 5.41) is 3.85. The molecule has 4 rings (SSSR count). The summed E-state index contributed by atoms with van der Waals surface area (Å²) in [7, 11) is 0. The Kier molecular flexibility index (Phi) is 0.934. The van der Waals surface area contributed by atoms with Gasteiger partial charge in [0.05, 0.1) is 0 Å². The second-order valence-corrected chi connectivity index (χ2v) is 5.56. The molecule has 1 aliphatic heterocycles. The quantitative estimate of drug-likeness (QED) is 0.652. The lowest BCUT2D eigenvalue weighted by Gasteiger charge is -2.36. The van der Waals surface area contributed by atoms with Gasteiger partial charge in [-0.25, -0.2) is 0 Å². The third-order valence-corrected chi connectivity index (χ3v) is 5.05. The van der Waals surface area contributed by atoms with Crippen molar-refractivity contribution in [1.82, 2.24) is 5.32 Å². The van der Waals surface area contributed by atoms with E-state index in [4.69, 9.17) is 0 Å². The van der Waals surface area contributed by atoms with E-state index in [0.29, 0.717) is 0 Å². The molecule has 0 aromatic rings. The number of rotatable bonds is 2. The van der Waals surface area contributed by atoms with E-state index in [9.17, 15) is 0 Å². The first-order valence-electron chi connectivity index (χ1n) is 5.62. The summed E-state index contributed by atoms with van der Waals surface area (Å²) in [5.41, 5.74) is 0. The van der Waals surface area contributed by atoms with Crippen molar-refractivity contribution in [2.45, 2.75) is 38.3 Å². The van der Waals surface area contributed by atoms with Gasteiger partial charge < -0.3 is 5.32 Å². The summed E-state index contributed by atoms with van der Waals surface area (Å²) in [6.45, 7) is 2.48. The first-order chi connectivity index (χ1) is 5.86. The van der Waals surface area contributed by atoms with Crippen molar-refractivity contribution in [1.29, 1.82) is 0 Å². The predicted octanol–water partition coefficient (Wildman–Crippen LogP) is 1.64. The van der Waals surface area contributed by atoms with Crippen LogP contribution in [0.1, 0.15) is 26.2 Å². The second-order valence-electron chi connectivity index (χ2n) is 5.56. The van der Waals surface area contributed by atoms with E-state index in [1.165, 1.54) is 12.8 Å². The van der Waals surface area contributed by atoms with Crippen LogP contribution in [0.4, 0.5) is 0 Å². The zero-order valence-electron chi connectivity index (χ0n) is 7.66. The van der Waals surface area contributed by atoms with Crippen LogP contribution in [-0.2, 0) is 0 Å². The third kappa shape index (κ3) is 0.585. The van der Waals surface area contributed by atoms with Gasteiger partial charge in [-0.05, 0) is 48.9 Å². The lowest BCUT2D eigenvalue weighted by atomic mass is 9.74. The van der Waals surface area contributed by atoms with Crippen molar-refractivity contribution < 1.29 is 0 Å². The van der Waals surface area contributed by atoms with Gasteiger partial charge in [-0.2, -0.15) is 0 Å². The highest BCUT2D eigenvalue weighted by atomic mass is 15.1. The summed E-state index contributed by atoms with van der Waals surface area (Å²) in [6, 6.07) is 1.92. The average molecular weight is 163 g/mol. The maximum absolute atomic E-state index is 3.85. The molecule has 0 spiro atoms. The van der Waals surface area contributed by atoms with Gasteiger partial charge in [0.15, 0.2) is 0 Å². The van der Waals surface area contributed by atoms with Crippen LogP contribution in [-0.4, -0.2) is 12.1 Å². The molecule has 66 valence electrons. The maximum Gasteiger partial charge on any atom is 0.0136 e. The second kappa shape index (κ2) is 1.75. The number of hydrogen-bond acceptors (Lipinski definition) is 1. The molecule has 1 heterocycles. The molecule has 0 aromatic carbocycles. The zero-order valence-corrected chi connectivity index (χ0v) is 7.66. The fraction of sp³-hybridized carbons (Fsp3) is 1.00. The molecule has 6 unspecified atom stereocenters. The summed E-state index contributed by atoms with van der Waals surface area (Å²) >= 11 is 0. The Hall–Kier alpha value is -0.0400. The van der Waals surface area contributed by atoms with E-state index < -0.39 is 0 Å². The molecule has 12 heavy (non-hydrogen) atoms. The summed E-state index contributed by atoms with van der Waals surface area (Å²) < 4.78 is 0. The Morgan fingerprint density at radius 2 is 2.08 bits per heavy atom. The van der Waals surface area contributed by atoms with Crippen molar-refractivity contribution in [3.63, 3.8) is 0 Å².